The molecule has 0 radical (unpaired) electrons. The number of carbonyl (C=O) groups excluding carboxylic acids is 1. The highest BCUT2D eigenvalue weighted by Gasteiger charge is 2.29. The fourth-order valence-corrected chi connectivity index (χ4v) is 5.33. The molecule has 2 aromatic rings. The third-order valence-corrected chi connectivity index (χ3v) is 6.98. The van der Waals surface area contributed by atoms with Gasteiger partial charge < -0.3 is 10.5 Å². The van der Waals surface area contributed by atoms with Crippen LogP contribution in [0.15, 0.2) is 29.2 Å². The molecule has 130 valence electrons. The zero-order valence-corrected chi connectivity index (χ0v) is 15.0. The summed E-state index contributed by atoms with van der Waals surface area (Å²) in [4.78, 5) is 12.5. The topological polar surface area (TPSA) is 89.7 Å². The first-order valence-electron chi connectivity index (χ1n) is 7.88. The van der Waals surface area contributed by atoms with E-state index in [-0.39, 0.29) is 16.9 Å². The Kier molecular flexibility index (Phi) is 4.91. The molecule has 1 atom stereocenters. The maximum Gasteiger partial charge on any atom is 0.348 e. The number of hydrogen-bond donors (Lipinski definition) is 1. The van der Waals surface area contributed by atoms with Gasteiger partial charge in [0, 0.05) is 23.8 Å². The highest BCUT2D eigenvalue weighted by Crippen LogP contribution is 2.30. The van der Waals surface area contributed by atoms with Crippen LogP contribution in [0, 0.1) is 0 Å². The average Bonchev–Trinajstić information content (AvgIpc) is 2.98. The van der Waals surface area contributed by atoms with E-state index in [0.29, 0.717) is 24.6 Å². The van der Waals surface area contributed by atoms with Crippen molar-refractivity contribution in [3.8, 4) is 0 Å². The van der Waals surface area contributed by atoms with Gasteiger partial charge in [0.05, 0.1) is 11.5 Å². The third kappa shape index (κ3) is 3.32. The zero-order valence-electron chi connectivity index (χ0n) is 13.4. The second-order valence-electron chi connectivity index (χ2n) is 5.80. The number of benzene rings is 1. The van der Waals surface area contributed by atoms with E-state index < -0.39 is 10.0 Å². The molecule has 1 aromatic heterocycles. The van der Waals surface area contributed by atoms with Gasteiger partial charge in [-0.3, -0.25) is 0 Å². The van der Waals surface area contributed by atoms with Crippen LogP contribution < -0.4 is 5.73 Å². The molecule has 6 nitrogen and oxygen atoms in total. The number of piperidine rings is 1. The molecule has 0 saturated carbocycles. The van der Waals surface area contributed by atoms with Crippen LogP contribution in [0.2, 0.25) is 0 Å². The van der Waals surface area contributed by atoms with Crippen LogP contribution in [0.3, 0.4) is 0 Å². The van der Waals surface area contributed by atoms with Crippen molar-refractivity contribution in [2.24, 2.45) is 5.73 Å². The van der Waals surface area contributed by atoms with Crippen LogP contribution in [0.1, 0.15) is 29.4 Å². The Balaban J connectivity index is 1.93. The minimum absolute atomic E-state index is 0.117. The zero-order chi connectivity index (χ0) is 17.3. The third-order valence-electron chi connectivity index (χ3n) is 4.02. The van der Waals surface area contributed by atoms with Crippen LogP contribution in [0.25, 0.3) is 10.1 Å². The molecule has 1 aliphatic heterocycles. The monoisotopic (exact) mass is 368 g/mol. The number of nitrogens with zero attached hydrogens (tertiary/aromatic N) is 1. The van der Waals surface area contributed by atoms with E-state index in [0.717, 1.165) is 22.9 Å². The molecule has 2 N–H and O–H groups in total. The lowest BCUT2D eigenvalue weighted by Crippen LogP contribution is -2.45. The molecular weight excluding hydrogens is 348 g/mol. The Hall–Kier alpha value is -1.48. The Morgan fingerprint density at radius 1 is 1.42 bits per heavy atom. The number of fused-ring (bicyclic) bond motifs is 1. The fraction of sp³-hybridized carbons (Fsp3) is 0.438. The van der Waals surface area contributed by atoms with Gasteiger partial charge in [0.1, 0.15) is 4.88 Å². The average molecular weight is 368 g/mol. The first-order valence-corrected chi connectivity index (χ1v) is 10.1. The van der Waals surface area contributed by atoms with Crippen LogP contribution in [0.5, 0.6) is 0 Å². The summed E-state index contributed by atoms with van der Waals surface area (Å²) < 4.78 is 32.9. The second-order valence-corrected chi connectivity index (χ2v) is 8.82. The van der Waals surface area contributed by atoms with Gasteiger partial charge in [0.2, 0.25) is 10.0 Å². The molecule has 24 heavy (non-hydrogen) atoms. The summed E-state index contributed by atoms with van der Waals surface area (Å²) in [6, 6.07) is 6.50. The normalized spacial score (nSPS) is 19.5. The Morgan fingerprint density at radius 2 is 2.21 bits per heavy atom. The smallest absolute Gasteiger partial charge is 0.348 e. The molecule has 1 saturated heterocycles. The summed E-state index contributed by atoms with van der Waals surface area (Å²) in [6.07, 6.45) is 1.62. The van der Waals surface area contributed by atoms with Crippen LogP contribution in [-0.2, 0) is 14.8 Å². The molecule has 0 aliphatic carbocycles. The fourth-order valence-electron chi connectivity index (χ4n) is 2.83. The second kappa shape index (κ2) is 6.79. The number of esters is 1. The highest BCUT2D eigenvalue weighted by molar-refractivity contribution is 7.89. The van der Waals surface area contributed by atoms with E-state index in [9.17, 15) is 13.2 Å². The van der Waals surface area contributed by atoms with Gasteiger partial charge in [-0.25, -0.2) is 13.2 Å². The number of hydrogen-bond acceptors (Lipinski definition) is 6. The lowest BCUT2D eigenvalue weighted by Gasteiger charge is -2.29. The summed E-state index contributed by atoms with van der Waals surface area (Å²) in [5.41, 5.74) is 5.90. The molecule has 0 spiro atoms. The van der Waals surface area contributed by atoms with Gasteiger partial charge in [0.25, 0.3) is 0 Å². The van der Waals surface area contributed by atoms with Gasteiger partial charge in [-0.2, -0.15) is 4.31 Å². The van der Waals surface area contributed by atoms with Crippen molar-refractivity contribution < 1.29 is 17.9 Å². The number of carbonyl (C=O) groups is 1. The number of ether oxygens (including phenoxy) is 1. The number of nitrogens with two attached hydrogens (primary N) is 1. The Labute approximate surface area is 145 Å². The minimum Gasteiger partial charge on any atom is -0.462 e. The molecule has 0 amide bonds. The van der Waals surface area contributed by atoms with Gasteiger partial charge >= 0.3 is 5.97 Å². The van der Waals surface area contributed by atoms with Gasteiger partial charge in [-0.1, -0.05) is 0 Å². The maximum absolute atomic E-state index is 12.8. The predicted octanol–water partition coefficient (Wildman–Crippen LogP) is 2.19. The van der Waals surface area contributed by atoms with Gasteiger partial charge in [-0.05, 0) is 49.4 Å². The molecule has 0 unspecified atom stereocenters. The molecular formula is C16H20N2O4S2. The number of rotatable bonds is 4. The lowest BCUT2D eigenvalue weighted by atomic mass is 10.1. The largest absolute Gasteiger partial charge is 0.462 e. The maximum atomic E-state index is 12.8. The van der Waals surface area contributed by atoms with Crippen molar-refractivity contribution in [2.45, 2.75) is 30.7 Å². The predicted molar refractivity (Wildman–Crippen MR) is 93.7 cm³/mol. The number of sulfonamides is 1. The standard InChI is InChI=1S/C16H20N2O4S2/c1-2-22-16(19)15-9-11-8-13(5-6-14(11)23-15)24(20,21)18-7-3-4-12(17)10-18/h5-6,8-9,12H,2-4,7,10,17H2,1H3/t12-/m1/s1. The molecule has 8 heteroatoms. The minimum atomic E-state index is -3.57. The Morgan fingerprint density at radius 3 is 2.92 bits per heavy atom. The van der Waals surface area contributed by atoms with Crippen molar-refractivity contribution in [3.63, 3.8) is 0 Å². The molecule has 3 rings (SSSR count). The van der Waals surface area contributed by atoms with Crippen molar-refractivity contribution in [1.29, 1.82) is 0 Å². The molecule has 1 aromatic carbocycles. The number of thiophene rings is 1. The summed E-state index contributed by atoms with van der Waals surface area (Å²) >= 11 is 1.30. The van der Waals surface area contributed by atoms with Crippen molar-refractivity contribution in [1.82, 2.24) is 4.31 Å². The summed E-state index contributed by atoms with van der Waals surface area (Å²) in [5, 5.41) is 0.727. The van der Waals surface area contributed by atoms with E-state index >= 15 is 0 Å². The van der Waals surface area contributed by atoms with Gasteiger partial charge in [0.15, 0.2) is 0 Å². The van der Waals surface area contributed by atoms with Gasteiger partial charge in [-0.15, -0.1) is 11.3 Å². The summed E-state index contributed by atoms with van der Waals surface area (Å²) in [7, 11) is -3.57. The molecule has 2 heterocycles. The van der Waals surface area contributed by atoms with E-state index in [4.69, 9.17) is 10.5 Å². The quantitative estimate of drug-likeness (QED) is 0.836. The van der Waals surface area contributed by atoms with Crippen molar-refractivity contribution >= 4 is 37.4 Å². The van der Waals surface area contributed by atoms with Crippen LogP contribution in [0.4, 0.5) is 0 Å². The van der Waals surface area contributed by atoms with E-state index in [1.165, 1.54) is 15.6 Å². The Bertz CT molecular complexity index is 860. The molecule has 0 bridgehead atoms. The van der Waals surface area contributed by atoms with E-state index in [1.54, 1.807) is 31.2 Å². The molecule has 1 fully saturated rings. The van der Waals surface area contributed by atoms with Crippen LogP contribution in [-0.4, -0.2) is 44.4 Å². The van der Waals surface area contributed by atoms with Crippen molar-refractivity contribution in [3.05, 3.63) is 29.1 Å². The highest BCUT2D eigenvalue weighted by atomic mass is 32.2. The lowest BCUT2D eigenvalue weighted by molar-refractivity contribution is 0.0532. The first kappa shape index (κ1) is 17.3. The van der Waals surface area contributed by atoms with E-state index in [1.807, 2.05) is 0 Å². The summed E-state index contributed by atoms with van der Waals surface area (Å²) in [5.74, 6) is -0.384. The van der Waals surface area contributed by atoms with Crippen molar-refractivity contribution in [2.75, 3.05) is 19.7 Å². The van der Waals surface area contributed by atoms with E-state index in [2.05, 4.69) is 0 Å². The SMILES string of the molecule is CCOC(=O)c1cc2cc(S(=O)(=O)N3CCC[C@@H](N)C3)ccc2s1. The van der Waals surface area contributed by atoms with Crippen LogP contribution >= 0.6 is 11.3 Å². The first-order chi connectivity index (χ1) is 11.4. The summed E-state index contributed by atoms with van der Waals surface area (Å²) in [6.45, 7) is 2.89. The molecule has 1 aliphatic rings.